The van der Waals surface area contributed by atoms with Crippen molar-refractivity contribution in [1.29, 1.82) is 0 Å². The summed E-state index contributed by atoms with van der Waals surface area (Å²) in [5.41, 5.74) is 2.44. The molecule has 8 heteroatoms. The second kappa shape index (κ2) is 10.9. The molecule has 1 saturated heterocycles. The molecule has 30 heavy (non-hydrogen) atoms. The lowest BCUT2D eigenvalue weighted by Crippen LogP contribution is -2.58. The fraction of sp³-hybridized carbons (Fsp3) is 0.636. The summed E-state index contributed by atoms with van der Waals surface area (Å²) in [7, 11) is -3.43. The number of allylic oxidation sites excluding steroid dienone is 1. The zero-order valence-electron chi connectivity index (χ0n) is 18.6. The van der Waals surface area contributed by atoms with Crippen LogP contribution in [0.15, 0.2) is 24.8 Å². The van der Waals surface area contributed by atoms with Crippen LogP contribution in [0.4, 0.5) is 4.79 Å². The van der Waals surface area contributed by atoms with Gasteiger partial charge in [0, 0.05) is 24.7 Å². The summed E-state index contributed by atoms with van der Waals surface area (Å²) >= 11 is 0. The average molecular weight is 438 g/mol. The molecule has 168 valence electrons. The zero-order valence-corrected chi connectivity index (χ0v) is 19.4. The first kappa shape index (κ1) is 24.3. The summed E-state index contributed by atoms with van der Waals surface area (Å²) in [6.45, 7) is 11.9. The van der Waals surface area contributed by atoms with E-state index in [-0.39, 0.29) is 23.9 Å². The predicted molar refractivity (Wildman–Crippen MR) is 120 cm³/mol. The average Bonchev–Trinajstić information content (AvgIpc) is 2.67. The molecule has 1 amide bonds. The van der Waals surface area contributed by atoms with Crippen LogP contribution in [0, 0.1) is 0 Å². The van der Waals surface area contributed by atoms with E-state index in [4.69, 9.17) is 4.74 Å². The van der Waals surface area contributed by atoms with Gasteiger partial charge in [-0.05, 0) is 57.7 Å². The van der Waals surface area contributed by atoms with Crippen molar-refractivity contribution in [3.8, 4) is 0 Å². The fourth-order valence-corrected chi connectivity index (χ4v) is 5.13. The number of piperidine rings is 1. The maximum atomic E-state index is 12.8. The molecule has 0 aromatic carbocycles. The number of pyridine rings is 1. The number of nitrogens with one attached hydrogen (secondary N) is 1. The molecule has 2 heterocycles. The number of nitrogens with zero attached hydrogens (tertiary/aromatic N) is 2. The van der Waals surface area contributed by atoms with E-state index in [0.717, 1.165) is 23.4 Å². The normalized spacial score (nSPS) is 19.7. The number of sulfonamides is 1. The largest absolute Gasteiger partial charge is 0.447 e. The highest BCUT2D eigenvalue weighted by Gasteiger charge is 2.37. The Morgan fingerprint density at radius 1 is 1.40 bits per heavy atom. The summed E-state index contributed by atoms with van der Waals surface area (Å²) in [5.74, 6) is 0.0898. The topological polar surface area (TPSA) is 88.6 Å². The van der Waals surface area contributed by atoms with Gasteiger partial charge in [0.2, 0.25) is 10.0 Å². The Hall–Kier alpha value is -1.93. The smallest absolute Gasteiger partial charge is 0.410 e. The molecule has 0 unspecified atom stereocenters. The van der Waals surface area contributed by atoms with Crippen molar-refractivity contribution in [3.05, 3.63) is 36.2 Å². The fourth-order valence-electron chi connectivity index (χ4n) is 3.61. The molecule has 1 aliphatic rings. The van der Waals surface area contributed by atoms with E-state index in [9.17, 15) is 13.2 Å². The van der Waals surface area contributed by atoms with Crippen LogP contribution in [-0.2, 0) is 21.2 Å². The number of hydrogen-bond acceptors (Lipinski definition) is 5. The Balaban J connectivity index is 2.31. The molecule has 1 aliphatic heterocycles. The highest BCUT2D eigenvalue weighted by atomic mass is 32.2. The van der Waals surface area contributed by atoms with Crippen LogP contribution in [0.25, 0.3) is 5.57 Å². The van der Waals surface area contributed by atoms with Crippen LogP contribution in [0.3, 0.4) is 0 Å². The number of likely N-dealkylation sites (tertiary alicyclic amines) is 1. The predicted octanol–water partition coefficient (Wildman–Crippen LogP) is 3.75. The van der Waals surface area contributed by atoms with Gasteiger partial charge in [-0.15, -0.1) is 0 Å². The van der Waals surface area contributed by atoms with Crippen molar-refractivity contribution in [1.82, 2.24) is 14.6 Å². The first-order valence-electron chi connectivity index (χ1n) is 10.7. The van der Waals surface area contributed by atoms with Crippen molar-refractivity contribution in [2.24, 2.45) is 0 Å². The monoisotopic (exact) mass is 437 g/mol. The summed E-state index contributed by atoms with van der Waals surface area (Å²) in [6.07, 6.45) is 2.57. The van der Waals surface area contributed by atoms with E-state index in [1.807, 2.05) is 32.0 Å². The zero-order chi connectivity index (χ0) is 22.3. The molecule has 1 aromatic rings. The molecule has 7 nitrogen and oxygen atoms in total. The minimum atomic E-state index is -3.43. The molecule has 2 rings (SSSR count). The third kappa shape index (κ3) is 7.09. The lowest BCUT2D eigenvalue weighted by Gasteiger charge is -2.41. The van der Waals surface area contributed by atoms with Gasteiger partial charge in [0.15, 0.2) is 0 Å². The highest BCUT2D eigenvalue weighted by Crippen LogP contribution is 2.24. The molecule has 0 spiro atoms. The SMILES string of the molecule is C=C(C)c1cccc(C[C@H]2[C@@H](NS(=O)(=O)CCCC)CCCN2C(=O)OC(C)C)n1. The van der Waals surface area contributed by atoms with E-state index < -0.39 is 16.1 Å². The van der Waals surface area contributed by atoms with Crippen LogP contribution in [0.2, 0.25) is 0 Å². The van der Waals surface area contributed by atoms with Gasteiger partial charge in [0.05, 0.1) is 23.6 Å². The summed E-state index contributed by atoms with van der Waals surface area (Å²) in [6, 6.07) is 4.95. The third-order valence-electron chi connectivity index (χ3n) is 5.11. The molecule has 0 aliphatic carbocycles. The third-order valence-corrected chi connectivity index (χ3v) is 6.60. The molecule has 0 radical (unpaired) electrons. The van der Waals surface area contributed by atoms with E-state index in [1.165, 1.54) is 0 Å². The first-order valence-corrected chi connectivity index (χ1v) is 12.4. The number of hydrogen-bond donors (Lipinski definition) is 1. The van der Waals surface area contributed by atoms with Gasteiger partial charge >= 0.3 is 6.09 Å². The highest BCUT2D eigenvalue weighted by molar-refractivity contribution is 7.89. The minimum Gasteiger partial charge on any atom is -0.447 e. The van der Waals surface area contributed by atoms with Gasteiger partial charge in [-0.2, -0.15) is 0 Å². The Bertz CT molecular complexity index is 839. The molecule has 1 N–H and O–H groups in total. The van der Waals surface area contributed by atoms with Gasteiger partial charge in [-0.25, -0.2) is 17.9 Å². The lowest BCUT2D eigenvalue weighted by atomic mass is 9.93. The van der Waals surface area contributed by atoms with Gasteiger partial charge < -0.3 is 9.64 Å². The number of aromatic nitrogens is 1. The Labute approximate surface area is 181 Å². The minimum absolute atomic E-state index is 0.0898. The van der Waals surface area contributed by atoms with Crippen molar-refractivity contribution in [2.75, 3.05) is 12.3 Å². The van der Waals surface area contributed by atoms with Gasteiger partial charge in [-0.3, -0.25) is 4.98 Å². The van der Waals surface area contributed by atoms with Gasteiger partial charge in [-0.1, -0.05) is 26.0 Å². The second-order valence-electron chi connectivity index (χ2n) is 8.23. The van der Waals surface area contributed by atoms with Gasteiger partial charge in [0.1, 0.15) is 0 Å². The van der Waals surface area contributed by atoms with E-state index in [2.05, 4.69) is 16.3 Å². The standard InChI is InChI=1S/C22H35N3O4S/c1-6-7-14-30(27,28)24-20-12-9-13-25(22(26)29-17(4)5)21(20)15-18-10-8-11-19(23-18)16(2)3/h8,10-11,17,20-21,24H,2,6-7,9,12-15H2,1,3-5H3/t20-,21-/m0/s1. The molecular formula is C22H35N3O4S. The maximum Gasteiger partial charge on any atom is 0.410 e. The first-order chi connectivity index (χ1) is 14.1. The molecule has 2 atom stereocenters. The quantitative estimate of drug-likeness (QED) is 0.635. The lowest BCUT2D eigenvalue weighted by molar-refractivity contribution is 0.0459. The van der Waals surface area contributed by atoms with Crippen LogP contribution >= 0.6 is 0 Å². The summed E-state index contributed by atoms with van der Waals surface area (Å²) < 4.78 is 33.5. The second-order valence-corrected chi connectivity index (χ2v) is 10.1. The Morgan fingerprint density at radius 3 is 2.77 bits per heavy atom. The van der Waals surface area contributed by atoms with Crippen molar-refractivity contribution in [2.45, 2.75) is 78.0 Å². The number of rotatable bonds is 9. The number of carbonyl (C=O) groups excluding carboxylic acids is 1. The van der Waals surface area contributed by atoms with Crippen molar-refractivity contribution < 1.29 is 17.9 Å². The van der Waals surface area contributed by atoms with E-state index >= 15 is 0 Å². The number of ether oxygens (including phenoxy) is 1. The van der Waals surface area contributed by atoms with Crippen LogP contribution in [0.5, 0.6) is 0 Å². The summed E-state index contributed by atoms with van der Waals surface area (Å²) in [4.78, 5) is 19.1. The van der Waals surface area contributed by atoms with Crippen LogP contribution in [-0.4, -0.2) is 54.9 Å². The summed E-state index contributed by atoms with van der Waals surface area (Å²) in [5, 5.41) is 0. The van der Waals surface area contributed by atoms with Crippen molar-refractivity contribution in [3.63, 3.8) is 0 Å². The van der Waals surface area contributed by atoms with Crippen molar-refractivity contribution >= 4 is 21.7 Å². The molecule has 0 saturated carbocycles. The molecular weight excluding hydrogens is 402 g/mol. The van der Waals surface area contributed by atoms with Crippen LogP contribution < -0.4 is 4.72 Å². The number of amides is 1. The number of carbonyl (C=O) groups is 1. The Kier molecular flexibility index (Phi) is 8.85. The van der Waals surface area contributed by atoms with Gasteiger partial charge in [0.25, 0.3) is 0 Å². The molecule has 1 fully saturated rings. The maximum absolute atomic E-state index is 12.8. The van der Waals surface area contributed by atoms with E-state index in [1.54, 1.807) is 18.7 Å². The molecule has 1 aromatic heterocycles. The van der Waals surface area contributed by atoms with Crippen LogP contribution in [0.1, 0.15) is 64.8 Å². The molecule has 0 bridgehead atoms. The Morgan fingerprint density at radius 2 is 2.13 bits per heavy atom. The number of unbranched alkanes of at least 4 members (excludes halogenated alkanes) is 1. The van der Waals surface area contributed by atoms with E-state index in [0.29, 0.717) is 32.2 Å².